The van der Waals surface area contributed by atoms with Crippen molar-refractivity contribution in [3.8, 4) is 11.5 Å². The number of rotatable bonds is 6. The Balaban J connectivity index is 2.01. The molecule has 1 heterocycles. The molecular formula is C29H27Cl2NO5. The van der Waals surface area contributed by atoms with Crippen LogP contribution in [0.4, 0.5) is 5.69 Å². The minimum atomic E-state index is -0.944. The summed E-state index contributed by atoms with van der Waals surface area (Å²) in [6, 6.07) is 14.6. The first-order valence-corrected chi connectivity index (χ1v) is 12.5. The number of aryl methyl sites for hydroxylation is 2. The molecule has 4 rings (SSSR count). The van der Waals surface area contributed by atoms with Crippen LogP contribution >= 0.6 is 23.2 Å². The summed E-state index contributed by atoms with van der Waals surface area (Å²) in [5, 5.41) is 11.9. The van der Waals surface area contributed by atoms with Gasteiger partial charge >= 0.3 is 0 Å². The van der Waals surface area contributed by atoms with Crippen molar-refractivity contribution >= 4 is 46.3 Å². The fourth-order valence-electron chi connectivity index (χ4n) is 4.41. The van der Waals surface area contributed by atoms with Gasteiger partial charge in [0.05, 0.1) is 35.4 Å². The highest BCUT2D eigenvalue weighted by Crippen LogP contribution is 2.45. The normalized spacial score (nSPS) is 17.0. The summed E-state index contributed by atoms with van der Waals surface area (Å²) in [5.41, 5.74) is 3.12. The lowest BCUT2D eigenvalue weighted by atomic mass is 9.94. The van der Waals surface area contributed by atoms with E-state index in [1.165, 1.54) is 24.1 Å². The molecule has 1 aliphatic heterocycles. The van der Waals surface area contributed by atoms with Crippen LogP contribution in [0.1, 0.15) is 42.1 Å². The third-order valence-corrected chi connectivity index (χ3v) is 6.73. The molecule has 192 valence electrons. The van der Waals surface area contributed by atoms with Gasteiger partial charge < -0.3 is 14.6 Å². The van der Waals surface area contributed by atoms with Gasteiger partial charge in [-0.2, -0.15) is 0 Å². The van der Waals surface area contributed by atoms with Gasteiger partial charge in [-0.25, -0.2) is 0 Å². The van der Waals surface area contributed by atoms with Crippen LogP contribution in [0, 0.1) is 13.8 Å². The molecule has 0 spiro atoms. The predicted octanol–water partition coefficient (Wildman–Crippen LogP) is 7.03. The standard InChI is InChI=1S/C29H27Cl2NO5/c1-15(2)37-21-8-6-7-18(12-21)25-24(26(33)22-13-19(30)14-23(31)28(22)36-5)27(34)29(35)32(25)20-10-9-16(3)17(4)11-20/h6-15,25,33H,1-5H3/b26-24+. The quantitative estimate of drug-likeness (QED) is 0.206. The third-order valence-electron chi connectivity index (χ3n) is 6.23. The highest BCUT2D eigenvalue weighted by Gasteiger charge is 2.47. The van der Waals surface area contributed by atoms with Gasteiger partial charge in [-0.3, -0.25) is 14.5 Å². The third kappa shape index (κ3) is 5.04. The van der Waals surface area contributed by atoms with Crippen LogP contribution < -0.4 is 14.4 Å². The van der Waals surface area contributed by atoms with E-state index >= 15 is 0 Å². The Morgan fingerprint density at radius 1 is 1.00 bits per heavy atom. The monoisotopic (exact) mass is 539 g/mol. The molecule has 0 saturated carbocycles. The Bertz CT molecular complexity index is 1430. The zero-order valence-corrected chi connectivity index (χ0v) is 22.6. The summed E-state index contributed by atoms with van der Waals surface area (Å²) in [6.45, 7) is 7.71. The first kappa shape index (κ1) is 26.6. The molecule has 1 fully saturated rings. The Hall–Kier alpha value is -3.48. The van der Waals surface area contributed by atoms with Gasteiger partial charge in [0.1, 0.15) is 17.3 Å². The van der Waals surface area contributed by atoms with E-state index in [1.54, 1.807) is 30.3 Å². The van der Waals surface area contributed by atoms with E-state index in [0.717, 1.165) is 11.1 Å². The number of methoxy groups -OCH3 is 1. The molecule has 3 aromatic carbocycles. The number of hydrogen-bond donors (Lipinski definition) is 1. The van der Waals surface area contributed by atoms with E-state index < -0.39 is 23.5 Å². The molecule has 1 N–H and O–H groups in total. The summed E-state index contributed by atoms with van der Waals surface area (Å²) >= 11 is 12.5. The first-order valence-electron chi connectivity index (χ1n) is 11.7. The van der Waals surface area contributed by atoms with E-state index in [4.69, 9.17) is 32.7 Å². The topological polar surface area (TPSA) is 76.1 Å². The molecule has 6 nitrogen and oxygen atoms in total. The van der Waals surface area contributed by atoms with E-state index in [0.29, 0.717) is 17.0 Å². The lowest BCUT2D eigenvalue weighted by Crippen LogP contribution is -2.29. The van der Waals surface area contributed by atoms with Crippen LogP contribution in [-0.2, 0) is 9.59 Å². The highest BCUT2D eigenvalue weighted by atomic mass is 35.5. The highest BCUT2D eigenvalue weighted by molar-refractivity contribution is 6.52. The lowest BCUT2D eigenvalue weighted by Gasteiger charge is -2.26. The Kier molecular flexibility index (Phi) is 7.53. The minimum absolute atomic E-state index is 0.0841. The van der Waals surface area contributed by atoms with E-state index in [-0.39, 0.29) is 33.0 Å². The average molecular weight is 540 g/mol. The van der Waals surface area contributed by atoms with E-state index in [2.05, 4.69) is 0 Å². The molecular weight excluding hydrogens is 513 g/mol. The molecule has 37 heavy (non-hydrogen) atoms. The molecule has 1 atom stereocenters. The summed E-state index contributed by atoms with van der Waals surface area (Å²) < 4.78 is 11.3. The van der Waals surface area contributed by atoms with Gasteiger partial charge in [0, 0.05) is 10.7 Å². The number of nitrogens with zero attached hydrogens (tertiary/aromatic N) is 1. The van der Waals surface area contributed by atoms with Crippen molar-refractivity contribution in [2.75, 3.05) is 12.0 Å². The first-order chi connectivity index (χ1) is 17.5. The van der Waals surface area contributed by atoms with Crippen LogP contribution in [0.3, 0.4) is 0 Å². The summed E-state index contributed by atoms with van der Waals surface area (Å²) in [7, 11) is 1.39. The number of ether oxygens (including phenoxy) is 2. The van der Waals surface area contributed by atoms with Gasteiger partial charge in [0.15, 0.2) is 0 Å². The maximum atomic E-state index is 13.5. The minimum Gasteiger partial charge on any atom is -0.507 e. The fourth-order valence-corrected chi connectivity index (χ4v) is 4.98. The van der Waals surface area contributed by atoms with E-state index in [9.17, 15) is 14.7 Å². The number of ketones is 1. The van der Waals surface area contributed by atoms with Gasteiger partial charge in [0.25, 0.3) is 11.7 Å². The molecule has 0 aromatic heterocycles. The molecule has 0 bridgehead atoms. The van der Waals surface area contributed by atoms with Gasteiger partial charge in [-0.1, -0.05) is 41.4 Å². The molecule has 1 saturated heterocycles. The SMILES string of the molecule is COc1c(Cl)cc(Cl)cc1/C(O)=C1\C(=O)C(=O)N(c2ccc(C)c(C)c2)C1c1cccc(OC(C)C)c1. The van der Waals surface area contributed by atoms with Gasteiger partial charge in [-0.05, 0) is 80.8 Å². The van der Waals surface area contributed by atoms with Crippen LogP contribution in [0.5, 0.6) is 11.5 Å². The molecule has 0 aliphatic carbocycles. The van der Waals surface area contributed by atoms with Gasteiger partial charge in [-0.15, -0.1) is 0 Å². The van der Waals surface area contributed by atoms with Crippen molar-refractivity contribution in [3.05, 3.63) is 92.5 Å². The molecule has 3 aromatic rings. The summed E-state index contributed by atoms with van der Waals surface area (Å²) in [6.07, 6.45) is -0.0841. The van der Waals surface area contributed by atoms with Crippen molar-refractivity contribution in [2.24, 2.45) is 0 Å². The zero-order valence-electron chi connectivity index (χ0n) is 21.1. The maximum Gasteiger partial charge on any atom is 0.300 e. The molecule has 0 radical (unpaired) electrons. The number of halogens is 2. The van der Waals surface area contributed by atoms with Crippen LogP contribution in [0.25, 0.3) is 5.76 Å². The smallest absolute Gasteiger partial charge is 0.300 e. The largest absolute Gasteiger partial charge is 0.507 e. The Morgan fingerprint density at radius 2 is 1.73 bits per heavy atom. The lowest BCUT2D eigenvalue weighted by molar-refractivity contribution is -0.132. The summed E-state index contributed by atoms with van der Waals surface area (Å²) in [5.74, 6) is -1.34. The van der Waals surface area contributed by atoms with E-state index in [1.807, 2.05) is 39.8 Å². The number of hydrogen-bond acceptors (Lipinski definition) is 5. The maximum absolute atomic E-state index is 13.5. The second kappa shape index (κ2) is 10.5. The van der Waals surface area contributed by atoms with Crippen molar-refractivity contribution in [3.63, 3.8) is 0 Å². The number of aliphatic hydroxyl groups excluding tert-OH is 1. The second-order valence-corrected chi connectivity index (χ2v) is 9.99. The number of aliphatic hydroxyl groups is 1. The number of anilines is 1. The summed E-state index contributed by atoms with van der Waals surface area (Å²) in [4.78, 5) is 28.4. The van der Waals surface area contributed by atoms with Crippen molar-refractivity contribution < 1.29 is 24.2 Å². The van der Waals surface area contributed by atoms with Crippen LogP contribution in [0.15, 0.2) is 60.2 Å². The van der Waals surface area contributed by atoms with Crippen molar-refractivity contribution in [1.29, 1.82) is 0 Å². The Morgan fingerprint density at radius 3 is 2.38 bits per heavy atom. The van der Waals surface area contributed by atoms with Crippen LogP contribution in [-0.4, -0.2) is 30.0 Å². The average Bonchev–Trinajstić information content (AvgIpc) is 3.10. The zero-order chi connectivity index (χ0) is 27.0. The second-order valence-electron chi connectivity index (χ2n) is 9.15. The molecule has 1 amide bonds. The number of amides is 1. The number of Topliss-reactive ketones (excluding diaryl/α,β-unsaturated/α-hetero) is 1. The molecule has 8 heteroatoms. The predicted molar refractivity (Wildman–Crippen MR) is 146 cm³/mol. The molecule has 1 aliphatic rings. The van der Waals surface area contributed by atoms with Crippen molar-refractivity contribution in [2.45, 2.75) is 39.8 Å². The fraction of sp³-hybridized carbons (Fsp3) is 0.241. The van der Waals surface area contributed by atoms with Crippen LogP contribution in [0.2, 0.25) is 10.0 Å². The van der Waals surface area contributed by atoms with Gasteiger partial charge in [0.2, 0.25) is 0 Å². The number of carbonyl (C=O) groups excluding carboxylic acids is 2. The van der Waals surface area contributed by atoms with Crippen molar-refractivity contribution in [1.82, 2.24) is 0 Å². The number of carbonyl (C=O) groups is 2. The number of benzene rings is 3. The molecule has 1 unspecified atom stereocenters. The Labute approximate surface area is 226 Å².